The first-order chi connectivity index (χ1) is 7.74. The number of thiophene rings is 1. The highest BCUT2D eigenvalue weighted by molar-refractivity contribution is 9.10. The van der Waals surface area contributed by atoms with Crippen LogP contribution in [0.4, 0.5) is 0 Å². The molecule has 0 aliphatic rings. The van der Waals surface area contributed by atoms with E-state index in [0.717, 1.165) is 24.0 Å². The quantitative estimate of drug-likeness (QED) is 0.862. The molecule has 0 spiro atoms. The molecule has 0 aromatic carbocycles. The van der Waals surface area contributed by atoms with Crippen LogP contribution in [0, 0.1) is 6.92 Å². The van der Waals surface area contributed by atoms with E-state index in [4.69, 9.17) is 4.52 Å². The summed E-state index contributed by atoms with van der Waals surface area (Å²) in [4.78, 5) is 5.45. The van der Waals surface area contributed by atoms with Gasteiger partial charge >= 0.3 is 0 Å². The highest BCUT2D eigenvalue weighted by atomic mass is 79.9. The Bertz CT molecular complexity index is 412. The van der Waals surface area contributed by atoms with Gasteiger partial charge in [0, 0.05) is 34.2 Å². The molecular weight excluding hydrogens is 290 g/mol. The predicted octanol–water partition coefficient (Wildman–Crippen LogP) is 2.53. The van der Waals surface area contributed by atoms with Crippen LogP contribution in [0.1, 0.15) is 16.6 Å². The van der Waals surface area contributed by atoms with Gasteiger partial charge in [-0.25, -0.2) is 0 Å². The van der Waals surface area contributed by atoms with Gasteiger partial charge in [-0.2, -0.15) is 4.98 Å². The van der Waals surface area contributed by atoms with Crippen molar-refractivity contribution < 1.29 is 4.52 Å². The molecule has 0 aliphatic carbocycles. The number of hydrogen-bond donors (Lipinski definition) is 1. The lowest BCUT2D eigenvalue weighted by Crippen LogP contribution is -2.16. The van der Waals surface area contributed by atoms with E-state index in [1.165, 1.54) is 4.88 Å². The molecule has 0 amide bonds. The van der Waals surface area contributed by atoms with E-state index in [0.29, 0.717) is 11.7 Å². The van der Waals surface area contributed by atoms with E-state index in [-0.39, 0.29) is 0 Å². The van der Waals surface area contributed by atoms with E-state index in [9.17, 15) is 0 Å². The average molecular weight is 302 g/mol. The molecule has 6 heteroatoms. The molecule has 2 heterocycles. The van der Waals surface area contributed by atoms with Crippen molar-refractivity contribution in [3.05, 3.63) is 32.5 Å². The minimum atomic E-state index is 0.692. The van der Waals surface area contributed by atoms with Gasteiger partial charge in [0.15, 0.2) is 5.82 Å². The van der Waals surface area contributed by atoms with Crippen LogP contribution in [0.25, 0.3) is 0 Å². The summed E-state index contributed by atoms with van der Waals surface area (Å²) in [5.74, 6) is 1.38. The maximum atomic E-state index is 5.01. The highest BCUT2D eigenvalue weighted by Crippen LogP contribution is 2.19. The van der Waals surface area contributed by atoms with E-state index >= 15 is 0 Å². The van der Waals surface area contributed by atoms with Crippen LogP contribution < -0.4 is 5.32 Å². The molecule has 0 bridgehead atoms. The van der Waals surface area contributed by atoms with Crippen molar-refractivity contribution in [2.24, 2.45) is 0 Å². The summed E-state index contributed by atoms with van der Waals surface area (Å²) in [5.41, 5.74) is 0. The first-order valence-corrected chi connectivity index (χ1v) is 6.64. The number of halogens is 1. The highest BCUT2D eigenvalue weighted by Gasteiger charge is 2.02. The Hall–Kier alpha value is -0.720. The summed E-state index contributed by atoms with van der Waals surface area (Å²) < 4.78 is 6.16. The van der Waals surface area contributed by atoms with Crippen LogP contribution in [0.5, 0.6) is 0 Å². The van der Waals surface area contributed by atoms with E-state index < -0.39 is 0 Å². The van der Waals surface area contributed by atoms with E-state index in [1.807, 2.05) is 6.92 Å². The molecule has 2 rings (SSSR count). The molecule has 0 unspecified atom stereocenters. The zero-order valence-corrected chi connectivity index (χ0v) is 11.3. The molecule has 0 saturated carbocycles. The SMILES string of the molecule is Cc1noc(CCNCc2cc(Br)cs2)n1. The van der Waals surface area contributed by atoms with Gasteiger partial charge in [-0.1, -0.05) is 5.16 Å². The second-order valence-corrected chi connectivity index (χ2v) is 5.30. The molecule has 0 fully saturated rings. The van der Waals surface area contributed by atoms with Crippen LogP contribution in [0.15, 0.2) is 20.4 Å². The summed E-state index contributed by atoms with van der Waals surface area (Å²) in [6, 6.07) is 2.12. The number of hydrogen-bond acceptors (Lipinski definition) is 5. The van der Waals surface area contributed by atoms with Gasteiger partial charge in [-0.05, 0) is 28.9 Å². The Kier molecular flexibility index (Phi) is 4.09. The largest absolute Gasteiger partial charge is 0.339 e. The van der Waals surface area contributed by atoms with Gasteiger partial charge in [0.2, 0.25) is 5.89 Å². The smallest absolute Gasteiger partial charge is 0.227 e. The van der Waals surface area contributed by atoms with E-state index in [1.54, 1.807) is 11.3 Å². The second kappa shape index (κ2) is 5.56. The van der Waals surface area contributed by atoms with Gasteiger partial charge in [-0.3, -0.25) is 0 Å². The first-order valence-electron chi connectivity index (χ1n) is 4.97. The minimum absolute atomic E-state index is 0.692. The fraction of sp³-hybridized carbons (Fsp3) is 0.400. The van der Waals surface area contributed by atoms with Crippen LogP contribution in [-0.2, 0) is 13.0 Å². The third-order valence-corrected chi connectivity index (χ3v) is 3.70. The molecule has 0 aliphatic heterocycles. The van der Waals surface area contributed by atoms with Crippen LogP contribution >= 0.6 is 27.3 Å². The van der Waals surface area contributed by atoms with Crippen molar-refractivity contribution in [1.29, 1.82) is 0 Å². The molecule has 0 saturated heterocycles. The molecule has 2 aromatic rings. The van der Waals surface area contributed by atoms with Gasteiger partial charge in [0.1, 0.15) is 0 Å². The Labute approximate surface area is 106 Å². The van der Waals surface area contributed by atoms with Gasteiger partial charge in [0.25, 0.3) is 0 Å². The standard InChI is InChI=1S/C10H12BrN3OS/c1-7-13-10(15-14-7)2-3-12-5-9-4-8(11)6-16-9/h4,6,12H,2-3,5H2,1H3. The Morgan fingerprint density at radius 1 is 1.56 bits per heavy atom. The maximum Gasteiger partial charge on any atom is 0.227 e. The Morgan fingerprint density at radius 3 is 3.06 bits per heavy atom. The first kappa shape index (κ1) is 11.8. The number of nitrogens with one attached hydrogen (secondary N) is 1. The number of aromatic nitrogens is 2. The fourth-order valence-corrected chi connectivity index (χ4v) is 2.72. The average Bonchev–Trinajstić information content (AvgIpc) is 2.83. The topological polar surface area (TPSA) is 51.0 Å². The van der Waals surface area contributed by atoms with Gasteiger partial charge in [-0.15, -0.1) is 11.3 Å². The lowest BCUT2D eigenvalue weighted by atomic mass is 10.4. The molecule has 2 aromatic heterocycles. The number of nitrogens with zero attached hydrogens (tertiary/aromatic N) is 2. The van der Waals surface area contributed by atoms with Gasteiger partial charge in [0.05, 0.1) is 0 Å². The lowest BCUT2D eigenvalue weighted by molar-refractivity contribution is 0.372. The third-order valence-electron chi connectivity index (χ3n) is 2.01. The normalized spacial score (nSPS) is 10.9. The predicted molar refractivity (Wildman–Crippen MR) is 66.5 cm³/mol. The monoisotopic (exact) mass is 301 g/mol. The van der Waals surface area contributed by atoms with Crippen molar-refractivity contribution in [2.45, 2.75) is 19.9 Å². The Morgan fingerprint density at radius 2 is 2.44 bits per heavy atom. The summed E-state index contributed by atoms with van der Waals surface area (Å²) in [7, 11) is 0. The van der Waals surface area contributed by atoms with Crippen molar-refractivity contribution in [2.75, 3.05) is 6.54 Å². The van der Waals surface area contributed by atoms with Crippen molar-refractivity contribution in [3.63, 3.8) is 0 Å². The molecule has 1 N–H and O–H groups in total. The van der Waals surface area contributed by atoms with Crippen LogP contribution in [-0.4, -0.2) is 16.7 Å². The molecular formula is C10H12BrN3OS. The molecule has 16 heavy (non-hydrogen) atoms. The van der Waals surface area contributed by atoms with Crippen LogP contribution in [0.3, 0.4) is 0 Å². The van der Waals surface area contributed by atoms with Crippen molar-refractivity contribution in [3.8, 4) is 0 Å². The fourth-order valence-electron chi connectivity index (χ4n) is 1.30. The molecule has 86 valence electrons. The number of rotatable bonds is 5. The summed E-state index contributed by atoms with van der Waals surface area (Å²) in [6.45, 7) is 3.55. The summed E-state index contributed by atoms with van der Waals surface area (Å²) in [5, 5.41) is 9.16. The van der Waals surface area contributed by atoms with Crippen LogP contribution in [0.2, 0.25) is 0 Å². The zero-order chi connectivity index (χ0) is 11.4. The van der Waals surface area contributed by atoms with E-state index in [2.05, 4.69) is 42.8 Å². The maximum absolute atomic E-state index is 5.01. The summed E-state index contributed by atoms with van der Waals surface area (Å²) in [6.07, 6.45) is 0.771. The summed E-state index contributed by atoms with van der Waals surface area (Å²) >= 11 is 5.17. The number of aryl methyl sites for hydroxylation is 1. The zero-order valence-electron chi connectivity index (χ0n) is 8.86. The lowest BCUT2D eigenvalue weighted by Gasteiger charge is -1.99. The third kappa shape index (κ3) is 3.40. The molecule has 0 radical (unpaired) electrons. The van der Waals surface area contributed by atoms with Crippen molar-refractivity contribution in [1.82, 2.24) is 15.5 Å². The van der Waals surface area contributed by atoms with Crippen molar-refractivity contribution >= 4 is 27.3 Å². The molecule has 4 nitrogen and oxygen atoms in total. The van der Waals surface area contributed by atoms with Gasteiger partial charge < -0.3 is 9.84 Å². The molecule has 0 atom stereocenters. The minimum Gasteiger partial charge on any atom is -0.339 e. The second-order valence-electron chi connectivity index (χ2n) is 3.39. The Balaban J connectivity index is 1.69.